The van der Waals surface area contributed by atoms with Crippen molar-refractivity contribution in [3.63, 3.8) is 0 Å². The first kappa shape index (κ1) is 18.6. The molecule has 4 nitrogen and oxygen atoms in total. The van der Waals surface area contributed by atoms with E-state index in [1.54, 1.807) is 0 Å². The Morgan fingerprint density at radius 3 is 2.65 bits per heavy atom. The zero-order chi connectivity index (χ0) is 18.6. The van der Waals surface area contributed by atoms with E-state index in [9.17, 15) is 4.79 Å². The summed E-state index contributed by atoms with van der Waals surface area (Å²) in [5.41, 5.74) is 1.97. The number of halogens is 1. The van der Waals surface area contributed by atoms with Gasteiger partial charge < -0.3 is 14.8 Å². The molecule has 0 aromatic heterocycles. The van der Waals surface area contributed by atoms with Crippen molar-refractivity contribution in [3.8, 4) is 11.5 Å². The van der Waals surface area contributed by atoms with Crippen molar-refractivity contribution in [1.29, 1.82) is 0 Å². The van der Waals surface area contributed by atoms with Gasteiger partial charge in [-0.15, -0.1) is 0 Å². The summed E-state index contributed by atoms with van der Waals surface area (Å²) >= 11 is 5.98. The molecule has 5 heteroatoms. The zero-order valence-electron chi connectivity index (χ0n) is 15.2. The molecule has 0 radical (unpaired) electrons. The average Bonchev–Trinajstić information content (AvgIpc) is 2.64. The molecule has 1 amide bonds. The largest absolute Gasteiger partial charge is 0.486 e. The number of hydrogen-bond acceptors (Lipinski definition) is 3. The Bertz CT molecular complexity index is 789. The molecular formula is C21H24ClNO3. The standard InChI is InChI=1S/C21H24ClNO3/c1-21(2,16-7-8-18-19(13-16)26-11-10-25-18)14-23-20(24)9-6-15-4-3-5-17(22)12-15/h3-5,7-8,12-13H,6,9-11,14H2,1-2H3,(H,23,24). The summed E-state index contributed by atoms with van der Waals surface area (Å²) < 4.78 is 11.2. The summed E-state index contributed by atoms with van der Waals surface area (Å²) in [6.07, 6.45) is 1.12. The first-order chi connectivity index (χ1) is 12.4. The van der Waals surface area contributed by atoms with E-state index in [0.29, 0.717) is 37.6 Å². The third kappa shape index (κ3) is 4.70. The normalized spacial score (nSPS) is 13.3. The Morgan fingerprint density at radius 1 is 1.12 bits per heavy atom. The molecular weight excluding hydrogens is 350 g/mol. The van der Waals surface area contributed by atoms with Crippen molar-refractivity contribution in [2.24, 2.45) is 0 Å². The summed E-state index contributed by atoms with van der Waals surface area (Å²) in [5, 5.41) is 3.74. The van der Waals surface area contributed by atoms with Gasteiger partial charge in [-0.1, -0.05) is 43.6 Å². The Balaban J connectivity index is 1.55. The summed E-state index contributed by atoms with van der Waals surface area (Å²) in [7, 11) is 0. The molecule has 0 aliphatic carbocycles. The van der Waals surface area contributed by atoms with Gasteiger partial charge in [0, 0.05) is 23.4 Å². The van der Waals surface area contributed by atoms with Crippen LogP contribution in [0.2, 0.25) is 5.02 Å². The minimum Gasteiger partial charge on any atom is -0.486 e. The third-order valence-corrected chi connectivity index (χ3v) is 4.82. The van der Waals surface area contributed by atoms with E-state index in [2.05, 4.69) is 19.2 Å². The van der Waals surface area contributed by atoms with Crippen molar-refractivity contribution < 1.29 is 14.3 Å². The van der Waals surface area contributed by atoms with Crippen molar-refractivity contribution in [3.05, 3.63) is 58.6 Å². The highest BCUT2D eigenvalue weighted by molar-refractivity contribution is 6.30. The number of ether oxygens (including phenoxy) is 2. The van der Waals surface area contributed by atoms with Crippen LogP contribution in [0.5, 0.6) is 11.5 Å². The number of hydrogen-bond donors (Lipinski definition) is 1. The minimum atomic E-state index is -0.207. The molecule has 1 aliphatic rings. The van der Waals surface area contributed by atoms with Gasteiger partial charge in [0.2, 0.25) is 5.91 Å². The number of carbonyl (C=O) groups excluding carboxylic acids is 1. The van der Waals surface area contributed by atoms with E-state index in [0.717, 1.165) is 22.6 Å². The maximum atomic E-state index is 12.2. The molecule has 0 bridgehead atoms. The van der Waals surface area contributed by atoms with Crippen LogP contribution in [0.4, 0.5) is 0 Å². The average molecular weight is 374 g/mol. The van der Waals surface area contributed by atoms with E-state index in [4.69, 9.17) is 21.1 Å². The van der Waals surface area contributed by atoms with Gasteiger partial charge in [0.25, 0.3) is 0 Å². The van der Waals surface area contributed by atoms with Crippen LogP contribution in [0, 0.1) is 0 Å². The highest BCUT2D eigenvalue weighted by Crippen LogP contribution is 2.34. The van der Waals surface area contributed by atoms with Crippen molar-refractivity contribution in [2.75, 3.05) is 19.8 Å². The van der Waals surface area contributed by atoms with Gasteiger partial charge in [-0.2, -0.15) is 0 Å². The minimum absolute atomic E-state index is 0.0376. The number of benzene rings is 2. The van der Waals surface area contributed by atoms with Crippen molar-refractivity contribution in [2.45, 2.75) is 32.1 Å². The molecule has 0 spiro atoms. The van der Waals surface area contributed by atoms with E-state index in [1.807, 2.05) is 42.5 Å². The number of amides is 1. The van der Waals surface area contributed by atoms with Gasteiger partial charge in [0.15, 0.2) is 11.5 Å². The molecule has 0 fully saturated rings. The van der Waals surface area contributed by atoms with E-state index >= 15 is 0 Å². The molecule has 138 valence electrons. The van der Waals surface area contributed by atoms with Crippen LogP contribution in [0.3, 0.4) is 0 Å². The van der Waals surface area contributed by atoms with Gasteiger partial charge in [-0.3, -0.25) is 4.79 Å². The molecule has 3 rings (SSSR count). The molecule has 2 aromatic rings. The summed E-state index contributed by atoms with van der Waals surface area (Å²) in [6, 6.07) is 13.6. The summed E-state index contributed by atoms with van der Waals surface area (Å²) in [4.78, 5) is 12.2. The molecule has 0 saturated carbocycles. The molecule has 0 atom stereocenters. The van der Waals surface area contributed by atoms with Gasteiger partial charge in [-0.05, 0) is 41.8 Å². The molecule has 0 saturated heterocycles. The lowest BCUT2D eigenvalue weighted by molar-refractivity contribution is -0.121. The van der Waals surface area contributed by atoms with Crippen LogP contribution in [-0.2, 0) is 16.6 Å². The fraction of sp³-hybridized carbons (Fsp3) is 0.381. The predicted octanol–water partition coefficient (Wildman–Crippen LogP) is 4.14. The summed E-state index contributed by atoms with van der Waals surface area (Å²) in [6.45, 7) is 5.92. The van der Waals surface area contributed by atoms with Crippen LogP contribution >= 0.6 is 11.6 Å². The predicted molar refractivity (Wildman–Crippen MR) is 103 cm³/mol. The topological polar surface area (TPSA) is 47.6 Å². The Hall–Kier alpha value is -2.20. The maximum absolute atomic E-state index is 12.2. The van der Waals surface area contributed by atoms with Crippen molar-refractivity contribution in [1.82, 2.24) is 5.32 Å². The smallest absolute Gasteiger partial charge is 0.220 e. The first-order valence-electron chi connectivity index (χ1n) is 8.85. The maximum Gasteiger partial charge on any atom is 0.220 e. The van der Waals surface area contributed by atoms with Crippen LogP contribution < -0.4 is 14.8 Å². The highest BCUT2D eigenvalue weighted by Gasteiger charge is 2.24. The monoisotopic (exact) mass is 373 g/mol. The van der Waals surface area contributed by atoms with Gasteiger partial charge in [-0.25, -0.2) is 0 Å². The molecule has 2 aromatic carbocycles. The number of rotatable bonds is 6. The Labute approximate surface area is 159 Å². The fourth-order valence-electron chi connectivity index (χ4n) is 2.92. The number of aryl methyl sites for hydroxylation is 1. The molecule has 1 N–H and O–H groups in total. The second-order valence-corrected chi connectivity index (χ2v) is 7.59. The summed E-state index contributed by atoms with van der Waals surface area (Å²) in [5.74, 6) is 1.59. The van der Waals surface area contributed by atoms with E-state index in [1.165, 1.54) is 0 Å². The van der Waals surface area contributed by atoms with Gasteiger partial charge in [0.05, 0.1) is 0 Å². The molecule has 0 unspecified atom stereocenters. The van der Waals surface area contributed by atoms with Gasteiger partial charge >= 0.3 is 0 Å². The van der Waals surface area contributed by atoms with Crippen LogP contribution in [-0.4, -0.2) is 25.7 Å². The zero-order valence-corrected chi connectivity index (χ0v) is 15.9. The number of nitrogens with one attached hydrogen (secondary N) is 1. The number of fused-ring (bicyclic) bond motifs is 1. The lowest BCUT2D eigenvalue weighted by Gasteiger charge is -2.28. The molecule has 1 aliphatic heterocycles. The highest BCUT2D eigenvalue weighted by atomic mass is 35.5. The second kappa shape index (κ2) is 8.00. The fourth-order valence-corrected chi connectivity index (χ4v) is 3.14. The van der Waals surface area contributed by atoms with Crippen LogP contribution in [0.25, 0.3) is 0 Å². The lowest BCUT2D eigenvalue weighted by Crippen LogP contribution is -2.36. The van der Waals surface area contributed by atoms with Crippen molar-refractivity contribution >= 4 is 17.5 Å². The quantitative estimate of drug-likeness (QED) is 0.827. The molecule has 1 heterocycles. The Morgan fingerprint density at radius 2 is 1.88 bits per heavy atom. The van der Waals surface area contributed by atoms with E-state index < -0.39 is 0 Å². The second-order valence-electron chi connectivity index (χ2n) is 7.15. The lowest BCUT2D eigenvalue weighted by atomic mass is 9.84. The molecule has 26 heavy (non-hydrogen) atoms. The first-order valence-corrected chi connectivity index (χ1v) is 9.23. The number of carbonyl (C=O) groups is 1. The van der Waals surface area contributed by atoms with Gasteiger partial charge in [0.1, 0.15) is 13.2 Å². The SMILES string of the molecule is CC(C)(CNC(=O)CCc1cccc(Cl)c1)c1ccc2c(c1)OCCO2. The van der Waals surface area contributed by atoms with E-state index in [-0.39, 0.29) is 11.3 Å². The Kier molecular flexibility index (Phi) is 5.72. The van der Waals surface area contributed by atoms with Crippen LogP contribution in [0.15, 0.2) is 42.5 Å². The van der Waals surface area contributed by atoms with Crippen LogP contribution in [0.1, 0.15) is 31.4 Å². The third-order valence-electron chi connectivity index (χ3n) is 4.58.